The lowest BCUT2D eigenvalue weighted by molar-refractivity contribution is 0.155. The van der Waals surface area contributed by atoms with Crippen LogP contribution in [-0.4, -0.2) is 14.5 Å². The standard InChI is InChI=1S/C19H22N2O3S/c22-25(23)20-13-15-5-4-8-18(19(15)21-25)14-9-11-17(12-10-14)24-16-6-2-1-3-7-16/h4-5,8-12,16,20-21H,1-3,6-7,13H2. The molecular weight excluding hydrogens is 336 g/mol. The number of fused-ring (bicyclic) bond motifs is 1. The first kappa shape index (κ1) is 16.4. The highest BCUT2D eigenvalue weighted by molar-refractivity contribution is 7.90. The average Bonchev–Trinajstić information content (AvgIpc) is 2.62. The molecule has 4 rings (SSSR count). The van der Waals surface area contributed by atoms with Gasteiger partial charge in [0.1, 0.15) is 5.75 Å². The highest BCUT2D eigenvalue weighted by atomic mass is 32.2. The first-order valence-corrected chi connectivity index (χ1v) is 10.3. The molecule has 2 aromatic rings. The van der Waals surface area contributed by atoms with Crippen molar-refractivity contribution >= 4 is 15.9 Å². The molecule has 2 aromatic carbocycles. The Morgan fingerprint density at radius 2 is 1.72 bits per heavy atom. The van der Waals surface area contributed by atoms with Gasteiger partial charge in [0.15, 0.2) is 0 Å². The van der Waals surface area contributed by atoms with Crippen molar-refractivity contribution in [1.82, 2.24) is 4.72 Å². The lowest BCUT2D eigenvalue weighted by atomic mass is 9.97. The molecule has 1 aliphatic carbocycles. The van der Waals surface area contributed by atoms with E-state index in [-0.39, 0.29) is 0 Å². The van der Waals surface area contributed by atoms with Crippen molar-refractivity contribution in [3.05, 3.63) is 48.0 Å². The Balaban J connectivity index is 1.58. The predicted molar refractivity (Wildman–Crippen MR) is 98.8 cm³/mol. The van der Waals surface area contributed by atoms with Crippen LogP contribution in [0, 0.1) is 0 Å². The smallest absolute Gasteiger partial charge is 0.299 e. The summed E-state index contributed by atoms with van der Waals surface area (Å²) in [5, 5.41) is 0. The predicted octanol–water partition coefficient (Wildman–Crippen LogP) is 3.83. The molecule has 5 nitrogen and oxygen atoms in total. The van der Waals surface area contributed by atoms with Crippen LogP contribution in [0.1, 0.15) is 37.7 Å². The van der Waals surface area contributed by atoms with E-state index in [0.29, 0.717) is 18.3 Å². The van der Waals surface area contributed by atoms with Gasteiger partial charge in [-0.2, -0.15) is 13.1 Å². The lowest BCUT2D eigenvalue weighted by Crippen LogP contribution is -2.34. The maximum absolute atomic E-state index is 11.8. The number of para-hydroxylation sites is 1. The molecule has 0 spiro atoms. The third-order valence-electron chi connectivity index (χ3n) is 4.86. The Kier molecular flexibility index (Phi) is 4.39. The summed E-state index contributed by atoms with van der Waals surface area (Å²) < 4.78 is 34.8. The first-order chi connectivity index (χ1) is 12.1. The van der Waals surface area contributed by atoms with Gasteiger partial charge < -0.3 is 4.74 Å². The second-order valence-electron chi connectivity index (χ2n) is 6.67. The molecule has 0 unspecified atom stereocenters. The van der Waals surface area contributed by atoms with Crippen molar-refractivity contribution in [2.24, 2.45) is 0 Å². The van der Waals surface area contributed by atoms with E-state index in [0.717, 1.165) is 35.3 Å². The van der Waals surface area contributed by atoms with Crippen molar-refractivity contribution in [3.8, 4) is 16.9 Å². The molecular formula is C19H22N2O3S. The zero-order valence-corrected chi connectivity index (χ0v) is 14.8. The number of rotatable bonds is 3. The van der Waals surface area contributed by atoms with Crippen molar-refractivity contribution in [3.63, 3.8) is 0 Å². The lowest BCUT2D eigenvalue weighted by Gasteiger charge is -2.24. The fourth-order valence-electron chi connectivity index (χ4n) is 3.54. The van der Waals surface area contributed by atoms with Crippen LogP contribution in [0.2, 0.25) is 0 Å². The van der Waals surface area contributed by atoms with Crippen LogP contribution in [0.25, 0.3) is 11.1 Å². The van der Waals surface area contributed by atoms with E-state index < -0.39 is 10.2 Å². The summed E-state index contributed by atoms with van der Waals surface area (Å²) in [5.74, 6) is 0.877. The summed E-state index contributed by atoms with van der Waals surface area (Å²) in [4.78, 5) is 0. The van der Waals surface area contributed by atoms with Crippen LogP contribution >= 0.6 is 0 Å². The fraction of sp³-hybridized carbons (Fsp3) is 0.368. The molecule has 2 N–H and O–H groups in total. The minimum absolute atomic E-state index is 0.307. The molecule has 0 atom stereocenters. The number of hydrogen-bond donors (Lipinski definition) is 2. The summed E-state index contributed by atoms with van der Waals surface area (Å²) in [6.07, 6.45) is 6.37. The highest BCUT2D eigenvalue weighted by Crippen LogP contribution is 2.34. The Bertz CT molecular complexity index is 857. The molecule has 2 aliphatic rings. The van der Waals surface area contributed by atoms with Crippen molar-refractivity contribution in [1.29, 1.82) is 0 Å². The van der Waals surface area contributed by atoms with Crippen LogP contribution in [0.4, 0.5) is 5.69 Å². The second kappa shape index (κ2) is 6.69. The summed E-state index contributed by atoms with van der Waals surface area (Å²) >= 11 is 0. The Labute approximate surface area is 148 Å². The number of hydrogen-bond acceptors (Lipinski definition) is 3. The topological polar surface area (TPSA) is 67.4 Å². The molecule has 1 saturated carbocycles. The number of benzene rings is 2. The summed E-state index contributed by atoms with van der Waals surface area (Å²) in [6.45, 7) is 0.307. The normalized spacial score (nSPS) is 19.7. The van der Waals surface area contributed by atoms with E-state index in [2.05, 4.69) is 9.44 Å². The molecule has 6 heteroatoms. The van der Waals surface area contributed by atoms with Crippen LogP contribution < -0.4 is 14.2 Å². The summed E-state index contributed by atoms with van der Waals surface area (Å²) in [5.41, 5.74) is 3.45. The quantitative estimate of drug-likeness (QED) is 0.876. The fourth-order valence-corrected chi connectivity index (χ4v) is 4.47. The third-order valence-corrected chi connectivity index (χ3v) is 5.86. The Morgan fingerprint density at radius 1 is 0.960 bits per heavy atom. The van der Waals surface area contributed by atoms with E-state index in [1.54, 1.807) is 0 Å². The maximum atomic E-state index is 11.8. The molecule has 1 aliphatic heterocycles. The molecule has 0 saturated heterocycles. The molecule has 1 fully saturated rings. The molecule has 0 bridgehead atoms. The molecule has 0 amide bonds. The van der Waals surface area contributed by atoms with Gasteiger partial charge in [-0.05, 0) is 48.9 Å². The number of anilines is 1. The van der Waals surface area contributed by atoms with Gasteiger partial charge in [-0.3, -0.25) is 4.72 Å². The first-order valence-electron chi connectivity index (χ1n) is 8.77. The van der Waals surface area contributed by atoms with E-state index >= 15 is 0 Å². The van der Waals surface area contributed by atoms with Gasteiger partial charge in [-0.1, -0.05) is 36.8 Å². The Hall–Kier alpha value is -2.05. The van der Waals surface area contributed by atoms with Gasteiger partial charge in [0.2, 0.25) is 0 Å². The van der Waals surface area contributed by atoms with Crippen molar-refractivity contribution < 1.29 is 13.2 Å². The van der Waals surface area contributed by atoms with E-state index in [4.69, 9.17) is 4.74 Å². The molecule has 132 valence electrons. The van der Waals surface area contributed by atoms with Gasteiger partial charge in [-0.15, -0.1) is 0 Å². The van der Waals surface area contributed by atoms with E-state index in [1.807, 2.05) is 42.5 Å². The second-order valence-corrected chi connectivity index (χ2v) is 8.17. The minimum Gasteiger partial charge on any atom is -0.490 e. The Morgan fingerprint density at radius 3 is 2.48 bits per heavy atom. The van der Waals surface area contributed by atoms with Gasteiger partial charge >= 0.3 is 0 Å². The minimum atomic E-state index is -3.48. The number of ether oxygens (including phenoxy) is 1. The van der Waals surface area contributed by atoms with Crippen LogP contribution in [0.3, 0.4) is 0 Å². The monoisotopic (exact) mass is 358 g/mol. The largest absolute Gasteiger partial charge is 0.490 e. The molecule has 0 aromatic heterocycles. The van der Waals surface area contributed by atoms with Gasteiger partial charge in [0.25, 0.3) is 10.2 Å². The van der Waals surface area contributed by atoms with E-state index in [1.165, 1.54) is 19.3 Å². The highest BCUT2D eigenvalue weighted by Gasteiger charge is 2.22. The molecule has 0 radical (unpaired) electrons. The molecule has 1 heterocycles. The summed E-state index contributed by atoms with van der Waals surface area (Å²) in [6, 6.07) is 13.7. The maximum Gasteiger partial charge on any atom is 0.299 e. The molecule has 25 heavy (non-hydrogen) atoms. The SMILES string of the molecule is O=S1(=O)NCc2cccc(-c3ccc(OC4CCCCC4)cc3)c2N1. The zero-order chi connectivity index (χ0) is 17.3. The van der Waals surface area contributed by atoms with Crippen LogP contribution in [-0.2, 0) is 16.8 Å². The van der Waals surface area contributed by atoms with Gasteiger partial charge in [-0.25, -0.2) is 0 Å². The van der Waals surface area contributed by atoms with Crippen molar-refractivity contribution in [2.75, 3.05) is 4.72 Å². The average molecular weight is 358 g/mol. The van der Waals surface area contributed by atoms with Gasteiger partial charge in [0.05, 0.1) is 11.8 Å². The number of nitrogens with one attached hydrogen (secondary N) is 2. The van der Waals surface area contributed by atoms with Crippen LogP contribution in [0.5, 0.6) is 5.75 Å². The van der Waals surface area contributed by atoms with Crippen LogP contribution in [0.15, 0.2) is 42.5 Å². The van der Waals surface area contributed by atoms with Crippen molar-refractivity contribution in [2.45, 2.75) is 44.8 Å². The zero-order valence-electron chi connectivity index (χ0n) is 14.0. The summed E-state index contributed by atoms with van der Waals surface area (Å²) in [7, 11) is -3.48. The third kappa shape index (κ3) is 3.65. The van der Waals surface area contributed by atoms with E-state index in [9.17, 15) is 8.42 Å². The van der Waals surface area contributed by atoms with Gasteiger partial charge in [0, 0.05) is 12.1 Å².